The summed E-state index contributed by atoms with van der Waals surface area (Å²) in [6.45, 7) is 4.55. The Morgan fingerprint density at radius 2 is 1.44 bits per heavy atom. The van der Waals surface area contributed by atoms with Crippen molar-refractivity contribution in [2.75, 3.05) is 6.61 Å². The van der Waals surface area contributed by atoms with E-state index in [1.165, 1.54) is 9.79 Å². The second-order valence-corrected chi connectivity index (χ2v) is 9.40. The molecule has 2 aliphatic rings. The molecular formula is C20H22O3S2. The Kier molecular flexibility index (Phi) is 5.11. The average molecular weight is 375 g/mol. The van der Waals surface area contributed by atoms with E-state index in [0.29, 0.717) is 6.61 Å². The van der Waals surface area contributed by atoms with Gasteiger partial charge in [-0.15, -0.1) is 23.5 Å². The summed E-state index contributed by atoms with van der Waals surface area (Å²) in [5.74, 6) is -0.531. The van der Waals surface area contributed by atoms with Gasteiger partial charge in [-0.2, -0.15) is 0 Å². The van der Waals surface area contributed by atoms with Crippen LogP contribution in [0.4, 0.5) is 0 Å². The Balaban J connectivity index is 1.56. The monoisotopic (exact) mass is 374 g/mol. The smallest absolute Gasteiger partial charge is 0.164 e. The lowest BCUT2D eigenvalue weighted by Crippen LogP contribution is -2.35. The van der Waals surface area contributed by atoms with Gasteiger partial charge in [0.05, 0.1) is 11.2 Å². The number of ether oxygens (including phenoxy) is 3. The molecule has 3 atom stereocenters. The molecule has 0 aliphatic carbocycles. The van der Waals surface area contributed by atoms with Crippen LogP contribution in [0.2, 0.25) is 0 Å². The molecule has 3 nitrogen and oxygen atoms in total. The third-order valence-corrected chi connectivity index (χ3v) is 6.92. The van der Waals surface area contributed by atoms with Crippen molar-refractivity contribution in [3.63, 3.8) is 0 Å². The van der Waals surface area contributed by atoms with Crippen LogP contribution < -0.4 is 0 Å². The summed E-state index contributed by atoms with van der Waals surface area (Å²) < 4.78 is 18.5. The maximum absolute atomic E-state index is 6.17. The SMILES string of the molecule is CC1(C)O[C@H]2[C@@H](C(Sc3ccccc3)Sc3ccccc3)OC[C@H]2O1. The van der Waals surface area contributed by atoms with Crippen molar-refractivity contribution in [3.05, 3.63) is 60.7 Å². The van der Waals surface area contributed by atoms with Gasteiger partial charge in [0.25, 0.3) is 0 Å². The molecule has 25 heavy (non-hydrogen) atoms. The lowest BCUT2D eigenvalue weighted by Gasteiger charge is -2.27. The molecule has 5 heteroatoms. The Hall–Kier alpha value is -0.980. The number of hydrogen-bond donors (Lipinski definition) is 0. The number of rotatable bonds is 5. The zero-order chi connectivity index (χ0) is 17.3. The second kappa shape index (κ2) is 7.33. The Morgan fingerprint density at radius 1 is 0.880 bits per heavy atom. The molecule has 0 unspecified atom stereocenters. The first-order chi connectivity index (χ1) is 12.1. The van der Waals surface area contributed by atoms with Gasteiger partial charge in [0.1, 0.15) is 18.3 Å². The normalized spacial score (nSPS) is 27.6. The van der Waals surface area contributed by atoms with E-state index in [0.717, 1.165) is 0 Å². The van der Waals surface area contributed by atoms with Gasteiger partial charge in [-0.3, -0.25) is 0 Å². The van der Waals surface area contributed by atoms with E-state index in [-0.39, 0.29) is 22.9 Å². The molecule has 0 amide bonds. The standard InChI is InChI=1S/C20H22O3S2/c1-20(2)22-16-13-21-18(17(16)23-20)19(24-14-9-5-3-6-10-14)25-15-11-7-4-8-12-15/h3-12,16-19H,13H2,1-2H3/t16-,17-,18+/m1/s1. The minimum absolute atomic E-state index is 0.0119. The summed E-state index contributed by atoms with van der Waals surface area (Å²) in [7, 11) is 0. The summed E-state index contributed by atoms with van der Waals surface area (Å²) in [5.41, 5.74) is 0. The summed E-state index contributed by atoms with van der Waals surface area (Å²) in [6.07, 6.45) is -0.00939. The van der Waals surface area contributed by atoms with Crippen LogP contribution in [0.5, 0.6) is 0 Å². The first-order valence-corrected chi connectivity index (χ1v) is 10.3. The van der Waals surface area contributed by atoms with Crippen LogP contribution >= 0.6 is 23.5 Å². The highest BCUT2D eigenvalue weighted by atomic mass is 32.2. The molecule has 0 aromatic heterocycles. The molecular weight excluding hydrogens is 352 g/mol. The third-order valence-electron chi connectivity index (χ3n) is 4.26. The van der Waals surface area contributed by atoms with Crippen LogP contribution in [0.1, 0.15) is 13.8 Å². The molecule has 0 saturated carbocycles. The Bertz CT molecular complexity index is 651. The van der Waals surface area contributed by atoms with Crippen molar-refractivity contribution >= 4 is 23.5 Å². The van der Waals surface area contributed by atoms with Crippen LogP contribution in [0, 0.1) is 0 Å². The minimum Gasteiger partial charge on any atom is -0.371 e. The predicted octanol–water partition coefficient (Wildman–Crippen LogP) is 4.82. The highest BCUT2D eigenvalue weighted by Crippen LogP contribution is 2.45. The Morgan fingerprint density at radius 3 is 2.00 bits per heavy atom. The summed E-state index contributed by atoms with van der Waals surface area (Å²) in [4.78, 5) is 2.47. The van der Waals surface area contributed by atoms with Crippen molar-refractivity contribution < 1.29 is 14.2 Å². The molecule has 0 spiro atoms. The van der Waals surface area contributed by atoms with Gasteiger partial charge in [-0.1, -0.05) is 36.4 Å². The fourth-order valence-corrected chi connectivity index (χ4v) is 5.99. The van der Waals surface area contributed by atoms with Crippen molar-refractivity contribution in [1.82, 2.24) is 0 Å². The lowest BCUT2D eigenvalue weighted by molar-refractivity contribution is -0.173. The van der Waals surface area contributed by atoms with E-state index in [1.807, 2.05) is 49.5 Å². The summed E-state index contributed by atoms with van der Waals surface area (Å²) in [6, 6.07) is 21.0. The molecule has 0 bridgehead atoms. The van der Waals surface area contributed by atoms with Crippen LogP contribution in [0.15, 0.2) is 70.5 Å². The zero-order valence-electron chi connectivity index (χ0n) is 14.3. The molecule has 2 aromatic rings. The van der Waals surface area contributed by atoms with Gasteiger partial charge in [0.2, 0.25) is 0 Å². The summed E-state index contributed by atoms with van der Waals surface area (Å²) in [5, 5.41) is 0. The van der Waals surface area contributed by atoms with Gasteiger partial charge >= 0.3 is 0 Å². The van der Waals surface area contributed by atoms with Crippen molar-refractivity contribution in [1.29, 1.82) is 0 Å². The minimum atomic E-state index is -0.531. The first-order valence-electron chi connectivity index (χ1n) is 8.51. The molecule has 2 saturated heterocycles. The van der Waals surface area contributed by atoms with E-state index >= 15 is 0 Å². The largest absolute Gasteiger partial charge is 0.371 e. The summed E-state index contributed by atoms with van der Waals surface area (Å²) >= 11 is 3.66. The van der Waals surface area contributed by atoms with Crippen LogP contribution in [-0.2, 0) is 14.2 Å². The zero-order valence-corrected chi connectivity index (χ0v) is 16.0. The molecule has 2 heterocycles. The highest BCUT2D eigenvalue weighted by molar-refractivity contribution is 8.17. The fraction of sp³-hybridized carbons (Fsp3) is 0.400. The maximum atomic E-state index is 6.17. The molecule has 0 N–H and O–H groups in total. The number of benzene rings is 2. The van der Waals surface area contributed by atoms with Gasteiger partial charge < -0.3 is 14.2 Å². The van der Waals surface area contributed by atoms with Crippen LogP contribution in [0.3, 0.4) is 0 Å². The van der Waals surface area contributed by atoms with E-state index in [4.69, 9.17) is 14.2 Å². The molecule has 2 aliphatic heterocycles. The van der Waals surface area contributed by atoms with Gasteiger partial charge in [0.15, 0.2) is 5.79 Å². The van der Waals surface area contributed by atoms with Gasteiger partial charge in [-0.25, -0.2) is 0 Å². The van der Waals surface area contributed by atoms with Crippen LogP contribution in [0.25, 0.3) is 0 Å². The van der Waals surface area contributed by atoms with E-state index < -0.39 is 5.79 Å². The van der Waals surface area contributed by atoms with E-state index in [2.05, 4.69) is 48.5 Å². The average Bonchev–Trinajstić information content (AvgIpc) is 3.11. The Labute approximate surface area is 157 Å². The maximum Gasteiger partial charge on any atom is 0.164 e. The third kappa shape index (κ3) is 4.07. The molecule has 2 aromatic carbocycles. The highest BCUT2D eigenvalue weighted by Gasteiger charge is 2.52. The number of thioether (sulfide) groups is 2. The molecule has 132 valence electrons. The fourth-order valence-electron chi connectivity index (χ4n) is 3.23. The number of hydrogen-bond acceptors (Lipinski definition) is 5. The lowest BCUT2D eigenvalue weighted by atomic mass is 10.2. The van der Waals surface area contributed by atoms with Crippen molar-refractivity contribution in [3.8, 4) is 0 Å². The van der Waals surface area contributed by atoms with Gasteiger partial charge in [-0.05, 0) is 38.1 Å². The van der Waals surface area contributed by atoms with Crippen molar-refractivity contribution in [2.45, 2.75) is 52.3 Å². The quantitative estimate of drug-likeness (QED) is 0.553. The molecule has 4 rings (SSSR count). The molecule has 0 radical (unpaired) electrons. The second-order valence-electron chi connectivity index (χ2n) is 6.67. The number of fused-ring (bicyclic) bond motifs is 1. The predicted molar refractivity (Wildman–Crippen MR) is 102 cm³/mol. The van der Waals surface area contributed by atoms with E-state index in [1.54, 1.807) is 0 Å². The van der Waals surface area contributed by atoms with Crippen molar-refractivity contribution in [2.24, 2.45) is 0 Å². The molecule has 2 fully saturated rings. The van der Waals surface area contributed by atoms with Crippen LogP contribution in [-0.4, -0.2) is 35.3 Å². The first kappa shape index (κ1) is 17.4. The van der Waals surface area contributed by atoms with E-state index in [9.17, 15) is 0 Å². The van der Waals surface area contributed by atoms with Gasteiger partial charge in [0, 0.05) is 9.79 Å². The topological polar surface area (TPSA) is 27.7 Å².